The first-order valence-electron chi connectivity index (χ1n) is 9.62. The number of benzene rings is 1. The average Bonchev–Trinajstić information content (AvgIpc) is 2.73. The van der Waals surface area contributed by atoms with Crippen LogP contribution in [0.25, 0.3) is 0 Å². The summed E-state index contributed by atoms with van der Waals surface area (Å²) < 4.78 is 25.3. The summed E-state index contributed by atoms with van der Waals surface area (Å²) in [6.45, 7) is 3.22. The molecule has 1 aromatic rings. The summed E-state index contributed by atoms with van der Waals surface area (Å²) in [7, 11) is 0. The maximum Gasteiger partial charge on any atom is 0.334 e. The van der Waals surface area contributed by atoms with Gasteiger partial charge in [0, 0.05) is 17.2 Å². The Morgan fingerprint density at radius 1 is 1.23 bits per heavy atom. The highest BCUT2D eigenvalue weighted by atomic mass is 35.5. The highest BCUT2D eigenvalue weighted by Gasteiger charge is 2.33. The third-order valence-electron chi connectivity index (χ3n) is 4.44. The van der Waals surface area contributed by atoms with Crippen LogP contribution in [-0.2, 0) is 19.1 Å². The number of hydrogen-bond acceptors (Lipinski definition) is 5. The van der Waals surface area contributed by atoms with E-state index in [0.717, 1.165) is 12.1 Å². The predicted octanol–water partition coefficient (Wildman–Crippen LogP) is 4.41. The molecule has 0 aromatic heterocycles. The Kier molecular flexibility index (Phi) is 8.90. The molecule has 0 aliphatic heterocycles. The summed E-state index contributed by atoms with van der Waals surface area (Å²) in [4.78, 5) is 39.1. The number of amides is 2. The molecule has 0 atom stereocenters. The number of rotatable bonds is 7. The SMILES string of the molecule is C#CCOc1cc(N(C(=O)CCl)C(=O)C2=C(C(=O)OC(C)C)CCCC2)c(F)cc1Cl. The molecular formula is C22H22Cl2FNO5. The third-order valence-corrected chi connectivity index (χ3v) is 4.96. The fourth-order valence-electron chi connectivity index (χ4n) is 3.12. The highest BCUT2D eigenvalue weighted by Crippen LogP contribution is 2.35. The van der Waals surface area contributed by atoms with Gasteiger partial charge in [0.1, 0.15) is 24.1 Å². The van der Waals surface area contributed by atoms with Crippen molar-refractivity contribution in [2.45, 2.75) is 45.6 Å². The molecule has 9 heteroatoms. The van der Waals surface area contributed by atoms with Gasteiger partial charge in [0.2, 0.25) is 5.91 Å². The molecule has 1 aliphatic rings. The van der Waals surface area contributed by atoms with E-state index in [4.69, 9.17) is 39.1 Å². The van der Waals surface area contributed by atoms with E-state index in [1.54, 1.807) is 13.8 Å². The minimum absolute atomic E-state index is 0.00625. The monoisotopic (exact) mass is 469 g/mol. The normalized spacial score (nSPS) is 13.6. The van der Waals surface area contributed by atoms with E-state index >= 15 is 0 Å². The summed E-state index contributed by atoms with van der Waals surface area (Å²) in [5.41, 5.74) is -0.131. The first-order chi connectivity index (χ1) is 14.7. The molecule has 0 radical (unpaired) electrons. The Labute approximate surface area is 190 Å². The molecule has 0 N–H and O–H groups in total. The van der Waals surface area contributed by atoms with Gasteiger partial charge in [0.25, 0.3) is 5.91 Å². The second kappa shape index (κ2) is 11.2. The number of carbonyl (C=O) groups excluding carboxylic acids is 3. The van der Waals surface area contributed by atoms with E-state index in [1.165, 1.54) is 0 Å². The van der Waals surface area contributed by atoms with Crippen LogP contribution in [0.5, 0.6) is 5.75 Å². The van der Waals surface area contributed by atoms with Gasteiger partial charge in [-0.1, -0.05) is 17.5 Å². The van der Waals surface area contributed by atoms with Crippen LogP contribution >= 0.6 is 23.2 Å². The van der Waals surface area contributed by atoms with E-state index in [0.29, 0.717) is 24.2 Å². The van der Waals surface area contributed by atoms with Crippen LogP contribution in [0.4, 0.5) is 10.1 Å². The Balaban J connectivity index is 2.57. The van der Waals surface area contributed by atoms with E-state index in [9.17, 15) is 18.8 Å². The minimum Gasteiger partial charge on any atom is -0.479 e. The molecular weight excluding hydrogens is 448 g/mol. The molecule has 1 aliphatic carbocycles. The van der Waals surface area contributed by atoms with Crippen LogP contribution in [0.3, 0.4) is 0 Å². The quantitative estimate of drug-likeness (QED) is 0.335. The summed E-state index contributed by atoms with van der Waals surface area (Å²) in [6.07, 6.45) is 6.65. The number of halogens is 3. The van der Waals surface area contributed by atoms with Gasteiger partial charge in [-0.3, -0.25) is 9.59 Å². The maximum atomic E-state index is 14.8. The molecule has 2 rings (SSSR count). The van der Waals surface area contributed by atoms with Crippen molar-refractivity contribution in [1.82, 2.24) is 0 Å². The molecule has 0 spiro atoms. The Morgan fingerprint density at radius 2 is 1.87 bits per heavy atom. The zero-order valence-electron chi connectivity index (χ0n) is 17.2. The van der Waals surface area contributed by atoms with Crippen LogP contribution in [0.15, 0.2) is 23.3 Å². The summed E-state index contributed by atoms with van der Waals surface area (Å²) in [5.74, 6) is -1.63. The van der Waals surface area contributed by atoms with Crippen LogP contribution in [0.2, 0.25) is 5.02 Å². The van der Waals surface area contributed by atoms with E-state index in [1.807, 2.05) is 0 Å². The minimum atomic E-state index is -0.937. The zero-order valence-corrected chi connectivity index (χ0v) is 18.7. The zero-order chi connectivity index (χ0) is 23.1. The molecule has 31 heavy (non-hydrogen) atoms. The third kappa shape index (κ3) is 5.99. The molecule has 0 unspecified atom stereocenters. The molecule has 0 fully saturated rings. The van der Waals surface area contributed by atoms with E-state index < -0.39 is 35.2 Å². The number of alkyl halides is 1. The molecule has 166 valence electrons. The molecule has 2 amide bonds. The second-order valence-corrected chi connectivity index (χ2v) is 7.69. The van der Waals surface area contributed by atoms with Crippen molar-refractivity contribution < 1.29 is 28.2 Å². The fraction of sp³-hybridized carbons (Fsp3) is 0.409. The van der Waals surface area contributed by atoms with E-state index in [2.05, 4.69) is 5.92 Å². The van der Waals surface area contributed by atoms with Gasteiger partial charge < -0.3 is 9.47 Å². The fourth-order valence-corrected chi connectivity index (χ4v) is 3.45. The average molecular weight is 470 g/mol. The number of ether oxygens (including phenoxy) is 2. The first-order valence-corrected chi connectivity index (χ1v) is 10.5. The maximum absolute atomic E-state index is 14.8. The number of imide groups is 1. The lowest BCUT2D eigenvalue weighted by atomic mass is 9.90. The number of hydrogen-bond donors (Lipinski definition) is 0. The van der Waals surface area contributed by atoms with Gasteiger partial charge in [0.15, 0.2) is 0 Å². The summed E-state index contributed by atoms with van der Waals surface area (Å²) in [6, 6.07) is 2.01. The molecule has 0 saturated carbocycles. The van der Waals surface area contributed by atoms with Crippen molar-refractivity contribution in [3.05, 3.63) is 34.1 Å². The summed E-state index contributed by atoms with van der Waals surface area (Å²) in [5, 5.41) is -0.0831. The predicted molar refractivity (Wildman–Crippen MR) is 116 cm³/mol. The van der Waals surface area contributed by atoms with Crippen LogP contribution in [0, 0.1) is 18.2 Å². The summed E-state index contributed by atoms with van der Waals surface area (Å²) >= 11 is 11.7. The van der Waals surface area contributed by atoms with Crippen molar-refractivity contribution in [2.24, 2.45) is 0 Å². The van der Waals surface area contributed by atoms with Crippen LogP contribution in [0.1, 0.15) is 39.5 Å². The Morgan fingerprint density at radius 3 is 2.45 bits per heavy atom. The van der Waals surface area contributed by atoms with Gasteiger partial charge in [-0.05, 0) is 45.6 Å². The number of terminal acetylenes is 1. The first kappa shape index (κ1) is 24.7. The molecule has 0 heterocycles. The molecule has 1 aromatic carbocycles. The largest absolute Gasteiger partial charge is 0.479 e. The highest BCUT2D eigenvalue weighted by molar-refractivity contribution is 6.35. The van der Waals surface area contributed by atoms with Crippen molar-refractivity contribution in [1.29, 1.82) is 0 Å². The van der Waals surface area contributed by atoms with Gasteiger partial charge in [-0.25, -0.2) is 14.1 Å². The lowest BCUT2D eigenvalue weighted by Gasteiger charge is -2.26. The van der Waals surface area contributed by atoms with Crippen LogP contribution in [-0.4, -0.2) is 36.4 Å². The van der Waals surface area contributed by atoms with Gasteiger partial charge in [-0.15, -0.1) is 18.0 Å². The molecule has 6 nitrogen and oxygen atoms in total. The Hall–Kier alpha value is -2.56. The van der Waals surface area contributed by atoms with Crippen molar-refractivity contribution >= 4 is 46.7 Å². The smallest absolute Gasteiger partial charge is 0.334 e. The topological polar surface area (TPSA) is 72.9 Å². The van der Waals surface area contributed by atoms with Gasteiger partial charge in [0.05, 0.1) is 16.8 Å². The van der Waals surface area contributed by atoms with E-state index in [-0.39, 0.29) is 41.1 Å². The number of esters is 1. The van der Waals surface area contributed by atoms with Crippen molar-refractivity contribution in [3.8, 4) is 18.1 Å². The van der Waals surface area contributed by atoms with Crippen molar-refractivity contribution in [2.75, 3.05) is 17.4 Å². The van der Waals surface area contributed by atoms with Gasteiger partial charge in [-0.2, -0.15) is 0 Å². The number of nitrogens with zero attached hydrogens (tertiary/aromatic N) is 1. The van der Waals surface area contributed by atoms with Gasteiger partial charge >= 0.3 is 5.97 Å². The van der Waals surface area contributed by atoms with Crippen molar-refractivity contribution in [3.63, 3.8) is 0 Å². The lowest BCUT2D eigenvalue weighted by Crippen LogP contribution is -2.40. The van der Waals surface area contributed by atoms with Crippen LogP contribution < -0.4 is 9.64 Å². The number of anilines is 1. The second-order valence-electron chi connectivity index (χ2n) is 7.01. The lowest BCUT2D eigenvalue weighted by molar-refractivity contribution is -0.143. The molecule has 0 bridgehead atoms. The molecule has 0 saturated heterocycles. The Bertz CT molecular complexity index is 952. The number of carbonyl (C=O) groups is 3. The standard InChI is InChI=1S/C22H22Cl2FNO5/c1-4-9-30-19-11-18(17(25)10-16(19)24)26(20(27)12-23)21(28)14-7-5-6-8-15(14)22(29)31-13(2)3/h1,10-11,13H,5-9,12H2,2-3H3.